The van der Waals surface area contributed by atoms with Gasteiger partial charge in [0.2, 0.25) is 0 Å². The Hall–Kier alpha value is -1.92. The Kier molecular flexibility index (Phi) is 4.63. The fourth-order valence-corrected chi connectivity index (χ4v) is 3.99. The highest BCUT2D eigenvalue weighted by molar-refractivity contribution is 9.10. The molecular formula is C17H15BrN2O2S. The van der Waals surface area contributed by atoms with Gasteiger partial charge in [-0.05, 0) is 43.3 Å². The topological polar surface area (TPSA) is 43.6 Å². The molecule has 3 aromatic rings. The van der Waals surface area contributed by atoms with Gasteiger partial charge in [0.25, 0.3) is 5.91 Å². The molecule has 3 rings (SSSR count). The summed E-state index contributed by atoms with van der Waals surface area (Å²) in [7, 11) is 1.58. The van der Waals surface area contributed by atoms with Crippen LogP contribution in [0.15, 0.2) is 51.9 Å². The molecule has 0 aliphatic rings. The van der Waals surface area contributed by atoms with E-state index in [1.165, 1.54) is 11.3 Å². The molecule has 0 aliphatic heterocycles. The molecule has 0 aliphatic carbocycles. The van der Waals surface area contributed by atoms with E-state index in [1.807, 2.05) is 29.7 Å². The first kappa shape index (κ1) is 16.0. The lowest BCUT2D eigenvalue weighted by atomic mass is 10.2. The Morgan fingerprint density at radius 2 is 2.13 bits per heavy atom. The molecule has 2 aromatic carbocycles. The molecule has 0 bridgehead atoms. The van der Waals surface area contributed by atoms with Crippen LogP contribution in [-0.2, 0) is 6.54 Å². The lowest BCUT2D eigenvalue weighted by molar-refractivity contribution is 0.0997. The molecule has 0 saturated carbocycles. The molecule has 1 aromatic heterocycles. The monoisotopic (exact) mass is 390 g/mol. The number of rotatable bonds is 3. The SMILES string of the molecule is CCn1c(=NC(=O)c2cccc(OC)c2)sc2cc(Br)ccc21. The van der Waals surface area contributed by atoms with Gasteiger partial charge in [0.1, 0.15) is 5.75 Å². The highest BCUT2D eigenvalue weighted by atomic mass is 79.9. The second-order valence-electron chi connectivity index (χ2n) is 4.89. The molecular weight excluding hydrogens is 376 g/mol. The summed E-state index contributed by atoms with van der Waals surface area (Å²) in [5, 5.41) is 0. The summed E-state index contributed by atoms with van der Waals surface area (Å²) in [5.74, 6) is 0.381. The van der Waals surface area contributed by atoms with E-state index < -0.39 is 0 Å². The zero-order valence-electron chi connectivity index (χ0n) is 12.7. The lowest BCUT2D eigenvalue weighted by Crippen LogP contribution is -2.15. The maximum atomic E-state index is 12.5. The Morgan fingerprint density at radius 3 is 2.87 bits per heavy atom. The summed E-state index contributed by atoms with van der Waals surface area (Å²) in [6.07, 6.45) is 0. The molecule has 0 spiro atoms. The predicted octanol–water partition coefficient (Wildman–Crippen LogP) is 4.23. The van der Waals surface area contributed by atoms with Gasteiger partial charge in [-0.2, -0.15) is 4.99 Å². The summed E-state index contributed by atoms with van der Waals surface area (Å²) in [4.78, 5) is 17.5. The van der Waals surface area contributed by atoms with E-state index in [-0.39, 0.29) is 5.91 Å². The number of carbonyl (C=O) groups excluding carboxylic acids is 1. The lowest BCUT2D eigenvalue weighted by Gasteiger charge is -2.02. The maximum absolute atomic E-state index is 12.5. The third-order valence-electron chi connectivity index (χ3n) is 3.47. The van der Waals surface area contributed by atoms with Crippen molar-refractivity contribution in [3.8, 4) is 5.75 Å². The first-order valence-corrected chi connectivity index (χ1v) is 8.75. The van der Waals surface area contributed by atoms with Crippen molar-refractivity contribution in [2.45, 2.75) is 13.5 Å². The molecule has 0 radical (unpaired) electrons. The number of amides is 1. The maximum Gasteiger partial charge on any atom is 0.279 e. The summed E-state index contributed by atoms with van der Waals surface area (Å²) in [6.45, 7) is 2.80. The molecule has 0 atom stereocenters. The van der Waals surface area contributed by atoms with Gasteiger partial charge in [-0.15, -0.1) is 0 Å². The smallest absolute Gasteiger partial charge is 0.279 e. The van der Waals surface area contributed by atoms with Crippen LogP contribution in [0.5, 0.6) is 5.75 Å². The standard InChI is InChI=1S/C17H15BrN2O2S/c1-3-20-14-8-7-12(18)10-15(14)23-17(20)19-16(21)11-5-4-6-13(9-11)22-2/h4-10H,3H2,1-2H3. The van der Waals surface area contributed by atoms with Crippen LogP contribution < -0.4 is 9.54 Å². The Labute approximate surface area is 146 Å². The number of ether oxygens (including phenoxy) is 1. The normalized spacial score (nSPS) is 11.9. The predicted molar refractivity (Wildman–Crippen MR) is 96.1 cm³/mol. The van der Waals surface area contributed by atoms with Gasteiger partial charge in [0.15, 0.2) is 4.80 Å². The highest BCUT2D eigenvalue weighted by Crippen LogP contribution is 2.22. The average Bonchev–Trinajstić information content (AvgIpc) is 2.90. The molecule has 1 heterocycles. The zero-order valence-corrected chi connectivity index (χ0v) is 15.1. The van der Waals surface area contributed by atoms with Crippen LogP contribution in [0, 0.1) is 0 Å². The first-order valence-electron chi connectivity index (χ1n) is 7.14. The Bertz CT molecular complexity index is 943. The summed E-state index contributed by atoms with van der Waals surface area (Å²) in [6, 6.07) is 13.1. The van der Waals surface area contributed by atoms with Crippen LogP contribution in [0.4, 0.5) is 0 Å². The van der Waals surface area contributed by atoms with E-state index in [0.29, 0.717) is 16.1 Å². The molecule has 23 heavy (non-hydrogen) atoms. The summed E-state index contributed by atoms with van der Waals surface area (Å²) < 4.78 is 9.32. The zero-order chi connectivity index (χ0) is 16.4. The molecule has 0 N–H and O–H groups in total. The molecule has 1 amide bonds. The van der Waals surface area contributed by atoms with Crippen molar-refractivity contribution in [3.63, 3.8) is 0 Å². The van der Waals surface area contributed by atoms with Crippen molar-refractivity contribution >= 4 is 43.4 Å². The van der Waals surface area contributed by atoms with Crippen molar-refractivity contribution in [1.29, 1.82) is 0 Å². The fourth-order valence-electron chi connectivity index (χ4n) is 2.35. The molecule has 0 unspecified atom stereocenters. The van der Waals surface area contributed by atoms with Gasteiger partial charge in [-0.25, -0.2) is 0 Å². The molecule has 118 valence electrons. The van der Waals surface area contributed by atoms with Crippen LogP contribution >= 0.6 is 27.3 Å². The third-order valence-corrected chi connectivity index (χ3v) is 5.01. The number of nitrogens with zero attached hydrogens (tertiary/aromatic N) is 2. The number of benzene rings is 2. The van der Waals surface area contributed by atoms with Gasteiger partial charge in [-0.1, -0.05) is 33.3 Å². The largest absolute Gasteiger partial charge is 0.497 e. The van der Waals surface area contributed by atoms with E-state index in [0.717, 1.165) is 21.2 Å². The minimum atomic E-state index is -0.267. The van der Waals surface area contributed by atoms with E-state index in [4.69, 9.17) is 4.74 Å². The van der Waals surface area contributed by atoms with Crippen molar-refractivity contribution in [2.75, 3.05) is 7.11 Å². The van der Waals surface area contributed by atoms with Crippen molar-refractivity contribution in [2.24, 2.45) is 4.99 Å². The number of thiazole rings is 1. The summed E-state index contributed by atoms with van der Waals surface area (Å²) >= 11 is 4.99. The molecule has 4 nitrogen and oxygen atoms in total. The number of fused-ring (bicyclic) bond motifs is 1. The van der Waals surface area contributed by atoms with Crippen LogP contribution in [0.3, 0.4) is 0 Å². The number of aromatic nitrogens is 1. The van der Waals surface area contributed by atoms with Gasteiger partial charge in [0.05, 0.1) is 17.3 Å². The van der Waals surface area contributed by atoms with Crippen LogP contribution in [0.1, 0.15) is 17.3 Å². The van der Waals surface area contributed by atoms with Gasteiger partial charge in [-0.3, -0.25) is 4.79 Å². The van der Waals surface area contributed by atoms with Crippen molar-refractivity contribution in [1.82, 2.24) is 4.57 Å². The van der Waals surface area contributed by atoms with Gasteiger partial charge in [0, 0.05) is 16.6 Å². The van der Waals surface area contributed by atoms with Gasteiger partial charge < -0.3 is 9.30 Å². The number of hydrogen-bond acceptors (Lipinski definition) is 3. The molecule has 0 saturated heterocycles. The van der Waals surface area contributed by atoms with E-state index in [1.54, 1.807) is 31.4 Å². The van der Waals surface area contributed by atoms with E-state index in [9.17, 15) is 4.79 Å². The number of carbonyl (C=O) groups is 1. The molecule has 6 heteroatoms. The summed E-state index contributed by atoms with van der Waals surface area (Å²) in [5.41, 5.74) is 1.60. The Morgan fingerprint density at radius 1 is 1.30 bits per heavy atom. The van der Waals surface area contributed by atoms with E-state index >= 15 is 0 Å². The van der Waals surface area contributed by atoms with Crippen molar-refractivity contribution < 1.29 is 9.53 Å². The van der Waals surface area contributed by atoms with Crippen molar-refractivity contribution in [3.05, 3.63) is 57.3 Å². The number of aryl methyl sites for hydroxylation is 1. The molecule has 0 fully saturated rings. The number of methoxy groups -OCH3 is 1. The van der Waals surface area contributed by atoms with Gasteiger partial charge >= 0.3 is 0 Å². The fraction of sp³-hybridized carbons (Fsp3) is 0.176. The highest BCUT2D eigenvalue weighted by Gasteiger charge is 2.09. The number of halogens is 1. The van der Waals surface area contributed by atoms with E-state index in [2.05, 4.69) is 20.9 Å². The quantitative estimate of drug-likeness (QED) is 0.671. The van der Waals surface area contributed by atoms with Crippen LogP contribution in [-0.4, -0.2) is 17.6 Å². The third kappa shape index (κ3) is 3.23. The number of hydrogen-bond donors (Lipinski definition) is 0. The minimum absolute atomic E-state index is 0.267. The van der Waals surface area contributed by atoms with Crippen LogP contribution in [0.25, 0.3) is 10.2 Å². The minimum Gasteiger partial charge on any atom is -0.497 e. The average molecular weight is 391 g/mol. The van der Waals surface area contributed by atoms with Crippen LogP contribution in [0.2, 0.25) is 0 Å². The second kappa shape index (κ2) is 6.68. The second-order valence-corrected chi connectivity index (χ2v) is 6.81. The first-order chi connectivity index (χ1) is 11.1. The Balaban J connectivity index is 2.11.